The average molecular weight is 472 g/mol. The minimum absolute atomic E-state index is 0.0170. The van der Waals surface area contributed by atoms with E-state index in [-0.39, 0.29) is 5.56 Å². The van der Waals surface area contributed by atoms with E-state index in [9.17, 15) is 18.7 Å². The molecule has 0 spiro atoms. The Balaban J connectivity index is 1.46. The van der Waals surface area contributed by atoms with Crippen LogP contribution in [0.1, 0.15) is 37.5 Å². The van der Waals surface area contributed by atoms with E-state index in [1.165, 1.54) is 23.3 Å². The van der Waals surface area contributed by atoms with Gasteiger partial charge in [-0.15, -0.1) is 11.3 Å². The second kappa shape index (κ2) is 8.78. The van der Waals surface area contributed by atoms with Crippen molar-refractivity contribution in [1.82, 2.24) is 0 Å². The van der Waals surface area contributed by atoms with Crippen molar-refractivity contribution in [1.29, 1.82) is 0 Å². The number of carbonyl (C=O) groups is 1. The SMILES string of the molecule is CC(C)(Oc1ccc2c(c1)CCN(c1ccc(-c3ccc(C(C)(F)F)cc3)s1)CC2)C(=O)O. The fourth-order valence-corrected chi connectivity index (χ4v) is 4.97. The molecule has 4 nitrogen and oxygen atoms in total. The Morgan fingerprint density at radius 2 is 1.64 bits per heavy atom. The largest absolute Gasteiger partial charge is 0.478 e. The third-order valence-electron chi connectivity index (χ3n) is 5.95. The number of anilines is 1. The lowest BCUT2D eigenvalue weighted by Crippen LogP contribution is -2.37. The van der Waals surface area contributed by atoms with Crippen LogP contribution in [0, 0.1) is 0 Å². The molecule has 0 atom stereocenters. The van der Waals surface area contributed by atoms with Crippen LogP contribution in [0.2, 0.25) is 0 Å². The number of aliphatic carboxylic acids is 1. The highest BCUT2D eigenvalue weighted by atomic mass is 32.1. The number of hydrogen-bond acceptors (Lipinski definition) is 4. The van der Waals surface area contributed by atoms with Crippen LogP contribution in [0.5, 0.6) is 5.75 Å². The van der Waals surface area contributed by atoms with Crippen molar-refractivity contribution in [3.05, 3.63) is 71.3 Å². The predicted molar refractivity (Wildman–Crippen MR) is 128 cm³/mol. The number of carboxylic acids is 1. The molecule has 0 unspecified atom stereocenters. The fourth-order valence-electron chi connectivity index (χ4n) is 3.90. The fraction of sp³-hybridized carbons (Fsp3) is 0.346. The molecule has 0 bridgehead atoms. The minimum atomic E-state index is -2.84. The van der Waals surface area contributed by atoms with Gasteiger partial charge in [0.05, 0.1) is 5.00 Å². The predicted octanol–water partition coefficient (Wildman–Crippen LogP) is 6.37. The molecule has 1 N–H and O–H groups in total. The molecule has 0 radical (unpaired) electrons. The summed E-state index contributed by atoms with van der Waals surface area (Å²) in [7, 11) is 0. The van der Waals surface area contributed by atoms with Crippen molar-refractivity contribution in [3.8, 4) is 16.2 Å². The summed E-state index contributed by atoms with van der Waals surface area (Å²) >= 11 is 1.66. The zero-order chi connectivity index (χ0) is 23.8. The summed E-state index contributed by atoms with van der Waals surface area (Å²) in [6.07, 6.45) is 1.71. The zero-order valence-corrected chi connectivity index (χ0v) is 19.7. The molecule has 3 aromatic rings. The van der Waals surface area contributed by atoms with Crippen molar-refractivity contribution in [2.24, 2.45) is 0 Å². The van der Waals surface area contributed by atoms with Crippen LogP contribution in [-0.4, -0.2) is 29.8 Å². The van der Waals surface area contributed by atoms with Crippen molar-refractivity contribution in [3.63, 3.8) is 0 Å². The molecule has 7 heteroatoms. The molecule has 0 saturated heterocycles. The second-order valence-electron chi connectivity index (χ2n) is 8.94. The first-order valence-corrected chi connectivity index (χ1v) is 11.7. The first kappa shape index (κ1) is 23.2. The number of ether oxygens (including phenoxy) is 1. The molecule has 33 heavy (non-hydrogen) atoms. The first-order valence-electron chi connectivity index (χ1n) is 10.9. The molecule has 174 valence electrons. The van der Waals surface area contributed by atoms with Crippen molar-refractivity contribution in [2.75, 3.05) is 18.0 Å². The van der Waals surface area contributed by atoms with Gasteiger partial charge >= 0.3 is 5.97 Å². The molecule has 1 aliphatic heterocycles. The number of alkyl halides is 2. The third kappa shape index (κ3) is 5.19. The van der Waals surface area contributed by atoms with Crippen molar-refractivity contribution in [2.45, 2.75) is 45.1 Å². The number of carboxylic acid groups (broad SMARTS) is 1. The molecular formula is C26H27F2NO3S. The molecule has 2 aromatic carbocycles. The number of benzene rings is 2. The summed E-state index contributed by atoms with van der Waals surface area (Å²) < 4.78 is 32.7. The van der Waals surface area contributed by atoms with Gasteiger partial charge < -0.3 is 14.7 Å². The average Bonchev–Trinajstić information content (AvgIpc) is 3.14. The lowest BCUT2D eigenvalue weighted by atomic mass is 10.0. The van der Waals surface area contributed by atoms with E-state index in [2.05, 4.69) is 11.0 Å². The molecule has 0 saturated carbocycles. The van der Waals surface area contributed by atoms with Crippen molar-refractivity contribution >= 4 is 22.3 Å². The Kier molecular flexibility index (Phi) is 6.18. The zero-order valence-electron chi connectivity index (χ0n) is 18.9. The molecule has 4 rings (SSSR count). The van der Waals surface area contributed by atoms with Gasteiger partial charge in [0.15, 0.2) is 5.60 Å². The lowest BCUT2D eigenvalue weighted by Gasteiger charge is -2.22. The smallest absolute Gasteiger partial charge is 0.347 e. The summed E-state index contributed by atoms with van der Waals surface area (Å²) in [5, 5.41) is 10.5. The standard InChI is InChI=1S/C26H27F2NO3S/c1-25(2,24(30)31)32-21-9-6-17-12-14-29(15-13-19(17)16-21)23-11-10-22(33-23)18-4-7-20(8-5-18)26(3,27)28/h4-11,16H,12-15H2,1-3H3,(H,30,31). The highest BCUT2D eigenvalue weighted by molar-refractivity contribution is 7.19. The van der Waals surface area contributed by atoms with E-state index < -0.39 is 17.5 Å². The van der Waals surface area contributed by atoms with E-state index in [4.69, 9.17) is 4.74 Å². The number of hydrogen-bond donors (Lipinski definition) is 1. The van der Waals surface area contributed by atoms with Gasteiger partial charge in [0, 0.05) is 30.5 Å². The normalized spacial score (nSPS) is 14.5. The summed E-state index contributed by atoms with van der Waals surface area (Å²) in [5.74, 6) is -3.28. The summed E-state index contributed by atoms with van der Waals surface area (Å²) in [4.78, 5) is 14.8. The highest BCUT2D eigenvalue weighted by Gasteiger charge is 2.30. The van der Waals surface area contributed by atoms with Gasteiger partial charge in [0.25, 0.3) is 5.92 Å². The maximum absolute atomic E-state index is 13.5. The van der Waals surface area contributed by atoms with Gasteiger partial charge in [0.1, 0.15) is 5.75 Å². The van der Waals surface area contributed by atoms with Crippen LogP contribution in [0.25, 0.3) is 10.4 Å². The Morgan fingerprint density at radius 3 is 2.27 bits per heavy atom. The summed E-state index contributed by atoms with van der Waals surface area (Å²) in [6.45, 7) is 5.69. The van der Waals surface area contributed by atoms with Crippen molar-refractivity contribution < 1.29 is 23.4 Å². The highest BCUT2D eigenvalue weighted by Crippen LogP contribution is 2.36. The Morgan fingerprint density at radius 1 is 0.970 bits per heavy atom. The van der Waals surface area contributed by atoms with Gasteiger partial charge in [-0.1, -0.05) is 30.3 Å². The van der Waals surface area contributed by atoms with Crippen LogP contribution in [0.4, 0.5) is 13.8 Å². The van der Waals surface area contributed by atoms with E-state index >= 15 is 0 Å². The van der Waals surface area contributed by atoms with Gasteiger partial charge in [-0.3, -0.25) is 0 Å². The number of thiophene rings is 1. The van der Waals surface area contributed by atoms with E-state index in [1.807, 2.05) is 24.3 Å². The van der Waals surface area contributed by atoms with Crippen LogP contribution in [-0.2, 0) is 23.6 Å². The second-order valence-corrected chi connectivity index (χ2v) is 10.0. The molecule has 0 aliphatic carbocycles. The molecule has 2 heterocycles. The van der Waals surface area contributed by atoms with Gasteiger partial charge in [-0.05, 0) is 67.6 Å². The van der Waals surface area contributed by atoms with Gasteiger partial charge in [-0.2, -0.15) is 0 Å². The number of rotatable bonds is 6. The van der Waals surface area contributed by atoms with Crippen LogP contribution < -0.4 is 9.64 Å². The molecular weight excluding hydrogens is 444 g/mol. The van der Waals surface area contributed by atoms with Crippen LogP contribution in [0.15, 0.2) is 54.6 Å². The topological polar surface area (TPSA) is 49.8 Å². The Hall–Kier alpha value is -2.93. The third-order valence-corrected chi connectivity index (χ3v) is 7.14. The van der Waals surface area contributed by atoms with E-state index in [0.717, 1.165) is 48.3 Å². The molecule has 1 aromatic heterocycles. The Labute approximate surface area is 196 Å². The van der Waals surface area contributed by atoms with Crippen LogP contribution >= 0.6 is 11.3 Å². The van der Waals surface area contributed by atoms with E-state index in [1.54, 1.807) is 37.3 Å². The van der Waals surface area contributed by atoms with E-state index in [0.29, 0.717) is 5.75 Å². The number of nitrogens with zero attached hydrogens (tertiary/aromatic N) is 1. The first-order chi connectivity index (χ1) is 15.5. The minimum Gasteiger partial charge on any atom is -0.478 e. The number of halogens is 2. The molecule has 0 amide bonds. The number of fused-ring (bicyclic) bond motifs is 1. The molecule has 0 fully saturated rings. The summed E-state index contributed by atoms with van der Waals surface area (Å²) in [5.41, 5.74) is 2.07. The lowest BCUT2D eigenvalue weighted by molar-refractivity contribution is -0.152. The molecule has 1 aliphatic rings. The quantitative estimate of drug-likeness (QED) is 0.454. The van der Waals surface area contributed by atoms with Gasteiger partial charge in [0.2, 0.25) is 0 Å². The maximum Gasteiger partial charge on any atom is 0.347 e. The Bertz CT molecular complexity index is 1150. The monoisotopic (exact) mass is 471 g/mol. The summed E-state index contributed by atoms with van der Waals surface area (Å²) in [6, 6.07) is 16.4. The van der Waals surface area contributed by atoms with Crippen LogP contribution in [0.3, 0.4) is 0 Å². The van der Waals surface area contributed by atoms with Gasteiger partial charge in [-0.25, -0.2) is 13.6 Å². The maximum atomic E-state index is 13.5.